The normalized spacial score (nSPS) is 10.3. The zero-order valence-corrected chi connectivity index (χ0v) is 10.6. The third-order valence-corrected chi connectivity index (χ3v) is 3.39. The number of nitrogens with zero attached hydrogens (tertiary/aromatic N) is 6. The minimum absolute atomic E-state index is 0.345. The van der Waals surface area contributed by atoms with Crippen molar-refractivity contribution in [1.29, 1.82) is 5.26 Å². The highest BCUT2D eigenvalue weighted by Gasteiger charge is 2.06. The molecular weight excluding hydrogens is 260 g/mol. The molecule has 2 heterocycles. The first-order valence-corrected chi connectivity index (χ1v) is 6.40. The van der Waals surface area contributed by atoms with E-state index < -0.39 is 0 Å². The van der Waals surface area contributed by atoms with Crippen LogP contribution in [0.4, 0.5) is 0 Å². The van der Waals surface area contributed by atoms with Crippen LogP contribution in [0.15, 0.2) is 36.0 Å². The molecule has 19 heavy (non-hydrogen) atoms. The van der Waals surface area contributed by atoms with Gasteiger partial charge in [0.2, 0.25) is 0 Å². The molecule has 0 spiro atoms. The fourth-order valence-corrected chi connectivity index (χ4v) is 2.42. The molecule has 3 rings (SSSR count). The Bertz CT molecular complexity index is 725. The molecule has 6 nitrogen and oxygen atoms in total. The Labute approximate surface area is 113 Å². The van der Waals surface area contributed by atoms with Crippen LogP contribution >= 0.6 is 11.3 Å². The summed E-state index contributed by atoms with van der Waals surface area (Å²) < 4.78 is 1.59. The largest absolute Gasteiger partial charge is 0.240 e. The van der Waals surface area contributed by atoms with Gasteiger partial charge in [-0.15, -0.1) is 16.4 Å². The van der Waals surface area contributed by atoms with E-state index in [1.165, 1.54) is 11.3 Å². The first kappa shape index (κ1) is 11.5. The van der Waals surface area contributed by atoms with E-state index in [1.54, 1.807) is 11.0 Å². The van der Waals surface area contributed by atoms with Gasteiger partial charge in [-0.05, 0) is 22.6 Å². The molecule has 0 saturated carbocycles. The van der Waals surface area contributed by atoms with E-state index in [9.17, 15) is 0 Å². The highest BCUT2D eigenvalue weighted by molar-refractivity contribution is 7.10. The van der Waals surface area contributed by atoms with Crippen molar-refractivity contribution in [3.8, 4) is 23.0 Å². The number of hydrogen-bond donors (Lipinski definition) is 0. The molecule has 0 atom stereocenters. The molecule has 0 N–H and O–H groups in total. The molecular formula is C12H8N6S. The number of rotatable bonds is 3. The lowest BCUT2D eigenvalue weighted by Crippen LogP contribution is -1.95. The standard InChI is InChI=1S/C12H8N6S/c13-5-4-12-15-11(7-19-12)9-2-1-3-10(6-9)18-8-14-16-17-18/h1-3,6-8H,4H2. The number of hydrogen-bond acceptors (Lipinski definition) is 6. The summed E-state index contributed by atoms with van der Waals surface area (Å²) in [6, 6.07) is 9.88. The van der Waals surface area contributed by atoms with Gasteiger partial charge in [0.1, 0.15) is 11.3 Å². The molecule has 0 saturated heterocycles. The van der Waals surface area contributed by atoms with Crippen LogP contribution in [0.25, 0.3) is 16.9 Å². The van der Waals surface area contributed by atoms with E-state index >= 15 is 0 Å². The molecule has 2 aromatic heterocycles. The Morgan fingerprint density at radius 1 is 1.37 bits per heavy atom. The molecule has 3 aromatic rings. The highest BCUT2D eigenvalue weighted by atomic mass is 32.1. The molecule has 0 unspecified atom stereocenters. The SMILES string of the molecule is N#CCc1nc(-c2cccc(-n3cnnn3)c2)cs1. The van der Waals surface area contributed by atoms with Crippen molar-refractivity contribution in [2.75, 3.05) is 0 Å². The summed E-state index contributed by atoms with van der Waals surface area (Å²) in [4.78, 5) is 4.43. The number of nitriles is 1. The second kappa shape index (κ2) is 4.96. The molecule has 0 radical (unpaired) electrons. The zero-order valence-electron chi connectivity index (χ0n) is 9.76. The molecule has 92 valence electrons. The smallest absolute Gasteiger partial charge is 0.143 e. The Kier molecular flexibility index (Phi) is 3.00. The van der Waals surface area contributed by atoms with Crippen LogP contribution in [0.2, 0.25) is 0 Å². The Morgan fingerprint density at radius 3 is 3.11 bits per heavy atom. The van der Waals surface area contributed by atoms with Crippen molar-refractivity contribution in [2.45, 2.75) is 6.42 Å². The third-order valence-electron chi connectivity index (χ3n) is 2.54. The highest BCUT2D eigenvalue weighted by Crippen LogP contribution is 2.23. The van der Waals surface area contributed by atoms with Gasteiger partial charge in [-0.1, -0.05) is 12.1 Å². The van der Waals surface area contributed by atoms with Crippen LogP contribution in [0, 0.1) is 11.3 Å². The maximum atomic E-state index is 8.66. The first-order chi connectivity index (χ1) is 9.36. The summed E-state index contributed by atoms with van der Waals surface area (Å²) in [5.41, 5.74) is 2.72. The Morgan fingerprint density at radius 2 is 2.32 bits per heavy atom. The van der Waals surface area contributed by atoms with E-state index in [-0.39, 0.29) is 0 Å². The molecule has 0 fully saturated rings. The zero-order chi connectivity index (χ0) is 13.1. The summed E-state index contributed by atoms with van der Waals surface area (Å²) >= 11 is 1.49. The summed E-state index contributed by atoms with van der Waals surface area (Å²) in [5, 5.41) is 22.5. The monoisotopic (exact) mass is 268 g/mol. The number of tetrazole rings is 1. The maximum absolute atomic E-state index is 8.66. The minimum Gasteiger partial charge on any atom is -0.240 e. The predicted octanol–water partition coefficient (Wildman–Crippen LogP) is 1.85. The number of benzene rings is 1. The lowest BCUT2D eigenvalue weighted by Gasteiger charge is -2.01. The quantitative estimate of drug-likeness (QED) is 0.724. The van der Waals surface area contributed by atoms with Crippen molar-refractivity contribution in [1.82, 2.24) is 25.2 Å². The van der Waals surface area contributed by atoms with Gasteiger partial charge in [-0.2, -0.15) is 5.26 Å². The fraction of sp³-hybridized carbons (Fsp3) is 0.0833. The second-order valence-electron chi connectivity index (χ2n) is 3.77. The first-order valence-electron chi connectivity index (χ1n) is 5.52. The van der Waals surface area contributed by atoms with Crippen LogP contribution in [0.1, 0.15) is 5.01 Å². The number of thiazole rings is 1. The van der Waals surface area contributed by atoms with E-state index in [1.807, 2.05) is 29.6 Å². The number of aromatic nitrogens is 5. The summed E-state index contributed by atoms with van der Waals surface area (Å²) in [5.74, 6) is 0. The van der Waals surface area contributed by atoms with E-state index in [2.05, 4.69) is 26.6 Å². The van der Waals surface area contributed by atoms with E-state index in [0.29, 0.717) is 6.42 Å². The van der Waals surface area contributed by atoms with Crippen molar-refractivity contribution >= 4 is 11.3 Å². The Balaban J connectivity index is 1.97. The average molecular weight is 268 g/mol. The molecule has 7 heteroatoms. The molecule has 1 aromatic carbocycles. The van der Waals surface area contributed by atoms with E-state index in [0.717, 1.165) is 22.0 Å². The van der Waals surface area contributed by atoms with Crippen molar-refractivity contribution in [3.63, 3.8) is 0 Å². The summed E-state index contributed by atoms with van der Waals surface area (Å²) in [7, 11) is 0. The van der Waals surface area contributed by atoms with Gasteiger partial charge in [-0.3, -0.25) is 0 Å². The van der Waals surface area contributed by atoms with Gasteiger partial charge in [0.05, 0.1) is 23.9 Å². The molecule has 0 amide bonds. The molecule has 0 aliphatic heterocycles. The third kappa shape index (κ3) is 2.34. The molecule has 0 aliphatic carbocycles. The topological polar surface area (TPSA) is 80.3 Å². The van der Waals surface area contributed by atoms with Crippen LogP contribution < -0.4 is 0 Å². The van der Waals surface area contributed by atoms with Crippen LogP contribution in [-0.4, -0.2) is 25.2 Å². The van der Waals surface area contributed by atoms with Gasteiger partial charge < -0.3 is 0 Å². The lowest BCUT2D eigenvalue weighted by molar-refractivity contribution is 0.789. The lowest BCUT2D eigenvalue weighted by atomic mass is 10.1. The van der Waals surface area contributed by atoms with Crippen molar-refractivity contribution in [3.05, 3.63) is 41.0 Å². The maximum Gasteiger partial charge on any atom is 0.143 e. The second-order valence-corrected chi connectivity index (χ2v) is 4.71. The molecule has 0 aliphatic rings. The van der Waals surface area contributed by atoms with Gasteiger partial charge in [0.25, 0.3) is 0 Å². The van der Waals surface area contributed by atoms with Crippen molar-refractivity contribution < 1.29 is 0 Å². The summed E-state index contributed by atoms with van der Waals surface area (Å²) in [6.07, 6.45) is 1.89. The van der Waals surface area contributed by atoms with Crippen LogP contribution in [0.3, 0.4) is 0 Å². The average Bonchev–Trinajstić information content (AvgIpc) is 3.11. The Hall–Kier alpha value is -2.59. The van der Waals surface area contributed by atoms with Crippen LogP contribution in [-0.2, 0) is 6.42 Å². The van der Waals surface area contributed by atoms with Gasteiger partial charge >= 0.3 is 0 Å². The van der Waals surface area contributed by atoms with Gasteiger partial charge in [0, 0.05) is 10.9 Å². The predicted molar refractivity (Wildman–Crippen MR) is 69.6 cm³/mol. The molecule has 0 bridgehead atoms. The van der Waals surface area contributed by atoms with E-state index in [4.69, 9.17) is 5.26 Å². The van der Waals surface area contributed by atoms with Crippen molar-refractivity contribution in [2.24, 2.45) is 0 Å². The van der Waals surface area contributed by atoms with Gasteiger partial charge in [0.15, 0.2) is 0 Å². The fourth-order valence-electron chi connectivity index (χ4n) is 1.68. The minimum atomic E-state index is 0.345. The van der Waals surface area contributed by atoms with Gasteiger partial charge in [-0.25, -0.2) is 9.67 Å². The summed E-state index contributed by atoms with van der Waals surface area (Å²) in [6.45, 7) is 0. The van der Waals surface area contributed by atoms with Crippen LogP contribution in [0.5, 0.6) is 0 Å².